The lowest BCUT2D eigenvalue weighted by Crippen LogP contribution is -2.34. The van der Waals surface area contributed by atoms with E-state index in [0.29, 0.717) is 23.0 Å². The van der Waals surface area contributed by atoms with Crippen LogP contribution < -0.4 is 10.1 Å². The second-order valence-electron chi connectivity index (χ2n) is 7.34. The summed E-state index contributed by atoms with van der Waals surface area (Å²) in [6.07, 6.45) is 1.33. The van der Waals surface area contributed by atoms with E-state index in [9.17, 15) is 0 Å². The van der Waals surface area contributed by atoms with E-state index < -0.39 is 0 Å². The van der Waals surface area contributed by atoms with Crippen LogP contribution >= 0.6 is 0 Å². The standard InChI is InChI=1S/C17H25NO/c1-11-6-7-14-12(8-11)9-13(19-14)10-18-15-16(2,3)17(15,4)5/h6-8,13,15,18H,9-10H2,1-5H3. The van der Waals surface area contributed by atoms with E-state index in [4.69, 9.17) is 4.74 Å². The van der Waals surface area contributed by atoms with E-state index in [-0.39, 0.29) is 0 Å². The third-order valence-electron chi connectivity index (χ3n) is 5.53. The first kappa shape index (κ1) is 13.0. The van der Waals surface area contributed by atoms with E-state index >= 15 is 0 Å². The maximum absolute atomic E-state index is 6.01. The molecule has 3 rings (SSSR count). The summed E-state index contributed by atoms with van der Waals surface area (Å²) in [6.45, 7) is 12.5. The Morgan fingerprint density at radius 1 is 1.21 bits per heavy atom. The highest BCUT2D eigenvalue weighted by molar-refractivity contribution is 5.40. The normalized spacial score (nSPS) is 26.9. The van der Waals surface area contributed by atoms with Crippen molar-refractivity contribution in [2.45, 2.75) is 53.2 Å². The maximum atomic E-state index is 6.01. The lowest BCUT2D eigenvalue weighted by atomic mass is 10.0. The first-order chi connectivity index (χ1) is 8.82. The van der Waals surface area contributed by atoms with Gasteiger partial charge in [0.15, 0.2) is 0 Å². The van der Waals surface area contributed by atoms with Gasteiger partial charge >= 0.3 is 0 Å². The maximum Gasteiger partial charge on any atom is 0.123 e. The largest absolute Gasteiger partial charge is 0.488 e. The van der Waals surface area contributed by atoms with Gasteiger partial charge < -0.3 is 10.1 Å². The van der Waals surface area contributed by atoms with Gasteiger partial charge in [-0.15, -0.1) is 0 Å². The molecule has 2 heteroatoms. The second-order valence-corrected chi connectivity index (χ2v) is 7.34. The number of ether oxygens (including phenoxy) is 1. The molecule has 0 spiro atoms. The van der Waals surface area contributed by atoms with Crippen molar-refractivity contribution < 1.29 is 4.74 Å². The highest BCUT2D eigenvalue weighted by Gasteiger charge is 2.64. The molecule has 1 aromatic rings. The number of hydrogen-bond donors (Lipinski definition) is 1. The topological polar surface area (TPSA) is 21.3 Å². The minimum absolute atomic E-state index is 0.295. The summed E-state index contributed by atoms with van der Waals surface area (Å²) in [7, 11) is 0. The molecule has 1 fully saturated rings. The summed E-state index contributed by atoms with van der Waals surface area (Å²) < 4.78 is 6.01. The average molecular weight is 259 g/mol. The van der Waals surface area contributed by atoms with Crippen LogP contribution in [0.25, 0.3) is 0 Å². The van der Waals surface area contributed by atoms with E-state index in [2.05, 4.69) is 58.1 Å². The molecule has 0 bridgehead atoms. The molecule has 0 saturated heterocycles. The third-order valence-corrected chi connectivity index (χ3v) is 5.53. The Bertz CT molecular complexity index is 490. The minimum Gasteiger partial charge on any atom is -0.488 e. The highest BCUT2D eigenvalue weighted by Crippen LogP contribution is 2.62. The van der Waals surface area contributed by atoms with Crippen LogP contribution in [0.3, 0.4) is 0 Å². The molecule has 1 aliphatic heterocycles. The van der Waals surface area contributed by atoms with Gasteiger partial charge in [0, 0.05) is 19.0 Å². The van der Waals surface area contributed by atoms with Crippen LogP contribution in [0.4, 0.5) is 0 Å². The highest BCUT2D eigenvalue weighted by atomic mass is 16.5. The Hall–Kier alpha value is -1.02. The molecule has 2 aliphatic rings. The van der Waals surface area contributed by atoms with Crippen molar-refractivity contribution in [2.24, 2.45) is 10.8 Å². The molecular formula is C17H25NO. The van der Waals surface area contributed by atoms with Crippen LogP contribution in [0.5, 0.6) is 5.75 Å². The van der Waals surface area contributed by atoms with E-state index in [0.717, 1.165) is 18.7 Å². The zero-order chi connectivity index (χ0) is 13.8. The predicted molar refractivity (Wildman–Crippen MR) is 78.7 cm³/mol. The molecule has 1 unspecified atom stereocenters. The van der Waals surface area contributed by atoms with Crippen molar-refractivity contribution >= 4 is 0 Å². The van der Waals surface area contributed by atoms with Gasteiger partial charge in [0.05, 0.1) is 0 Å². The summed E-state index contributed by atoms with van der Waals surface area (Å²) in [5.41, 5.74) is 3.48. The van der Waals surface area contributed by atoms with Gasteiger partial charge in [-0.25, -0.2) is 0 Å². The van der Waals surface area contributed by atoms with Gasteiger partial charge in [0.25, 0.3) is 0 Å². The summed E-state index contributed by atoms with van der Waals surface area (Å²) >= 11 is 0. The quantitative estimate of drug-likeness (QED) is 0.899. The summed E-state index contributed by atoms with van der Waals surface area (Å²) in [5.74, 6) is 1.08. The van der Waals surface area contributed by atoms with Gasteiger partial charge in [0.2, 0.25) is 0 Å². The van der Waals surface area contributed by atoms with Gasteiger partial charge in [-0.3, -0.25) is 0 Å². The number of hydrogen-bond acceptors (Lipinski definition) is 2. The zero-order valence-electron chi connectivity index (χ0n) is 12.7. The lowest BCUT2D eigenvalue weighted by Gasteiger charge is -2.13. The van der Waals surface area contributed by atoms with Crippen molar-refractivity contribution in [2.75, 3.05) is 6.54 Å². The first-order valence-electron chi connectivity index (χ1n) is 7.32. The molecule has 1 saturated carbocycles. The molecule has 19 heavy (non-hydrogen) atoms. The Morgan fingerprint density at radius 3 is 2.53 bits per heavy atom. The molecular weight excluding hydrogens is 234 g/mol. The van der Waals surface area contributed by atoms with Gasteiger partial charge in [-0.05, 0) is 29.4 Å². The fraction of sp³-hybridized carbons (Fsp3) is 0.647. The Labute approximate surface area is 116 Å². The van der Waals surface area contributed by atoms with Gasteiger partial charge in [0.1, 0.15) is 11.9 Å². The van der Waals surface area contributed by atoms with E-state index in [1.54, 1.807) is 0 Å². The smallest absolute Gasteiger partial charge is 0.123 e. The van der Waals surface area contributed by atoms with Gasteiger partial charge in [-0.2, -0.15) is 0 Å². The second kappa shape index (κ2) is 3.99. The molecule has 1 N–H and O–H groups in total. The van der Waals surface area contributed by atoms with Gasteiger partial charge in [-0.1, -0.05) is 45.4 Å². The number of nitrogens with one attached hydrogen (secondary N) is 1. The summed E-state index contributed by atoms with van der Waals surface area (Å²) in [4.78, 5) is 0. The first-order valence-corrected chi connectivity index (χ1v) is 7.32. The SMILES string of the molecule is Cc1ccc2c(c1)CC(CNC1C(C)(C)C1(C)C)O2. The average Bonchev–Trinajstić information content (AvgIpc) is 2.63. The predicted octanol–water partition coefficient (Wildman–Crippen LogP) is 3.32. The molecule has 0 radical (unpaired) electrons. The van der Waals surface area contributed by atoms with Crippen LogP contribution in [0, 0.1) is 17.8 Å². The van der Waals surface area contributed by atoms with Crippen molar-refractivity contribution in [3.05, 3.63) is 29.3 Å². The fourth-order valence-corrected chi connectivity index (χ4v) is 3.52. The van der Waals surface area contributed by atoms with E-state index in [1.807, 2.05) is 0 Å². The molecule has 1 aliphatic carbocycles. The molecule has 0 aromatic heterocycles. The van der Waals surface area contributed by atoms with Crippen LogP contribution in [-0.4, -0.2) is 18.7 Å². The van der Waals surface area contributed by atoms with Crippen molar-refractivity contribution in [3.8, 4) is 5.75 Å². The Morgan fingerprint density at radius 2 is 1.89 bits per heavy atom. The number of fused-ring (bicyclic) bond motifs is 1. The lowest BCUT2D eigenvalue weighted by molar-refractivity contribution is 0.224. The molecule has 1 atom stereocenters. The third kappa shape index (κ3) is 1.97. The molecule has 0 amide bonds. The van der Waals surface area contributed by atoms with Crippen LogP contribution in [0.15, 0.2) is 18.2 Å². The fourth-order valence-electron chi connectivity index (χ4n) is 3.52. The van der Waals surface area contributed by atoms with Crippen molar-refractivity contribution in [1.82, 2.24) is 5.32 Å². The molecule has 1 aromatic carbocycles. The van der Waals surface area contributed by atoms with Crippen LogP contribution in [-0.2, 0) is 6.42 Å². The Kier molecular flexibility index (Phi) is 2.72. The molecule has 2 nitrogen and oxygen atoms in total. The monoisotopic (exact) mass is 259 g/mol. The van der Waals surface area contributed by atoms with Crippen LogP contribution in [0.1, 0.15) is 38.8 Å². The van der Waals surface area contributed by atoms with Crippen molar-refractivity contribution in [1.29, 1.82) is 0 Å². The van der Waals surface area contributed by atoms with Crippen molar-refractivity contribution in [3.63, 3.8) is 0 Å². The molecule has 1 heterocycles. The zero-order valence-corrected chi connectivity index (χ0v) is 12.7. The summed E-state index contributed by atoms with van der Waals surface area (Å²) in [5, 5.41) is 3.70. The Balaban J connectivity index is 1.58. The number of rotatable bonds is 3. The minimum atomic E-state index is 0.295. The molecule has 104 valence electrons. The van der Waals surface area contributed by atoms with E-state index in [1.165, 1.54) is 11.1 Å². The number of aryl methyl sites for hydroxylation is 1. The number of benzene rings is 1. The summed E-state index contributed by atoms with van der Waals surface area (Å²) in [6, 6.07) is 7.09. The van der Waals surface area contributed by atoms with Crippen LogP contribution in [0.2, 0.25) is 0 Å².